The maximum Gasteiger partial charge on any atom is 0.200 e. The predicted octanol–water partition coefficient (Wildman–Crippen LogP) is 3.13. The fraction of sp³-hybridized carbons (Fsp3) is 0.0769. The molecule has 0 atom stereocenters. The molecule has 0 heterocycles. The molecule has 0 saturated carbocycles. The van der Waals surface area contributed by atoms with Gasteiger partial charge in [-0.1, -0.05) is 18.2 Å². The van der Waals surface area contributed by atoms with Crippen molar-refractivity contribution in [2.45, 2.75) is 6.61 Å². The Bertz CT molecular complexity index is 529. The van der Waals surface area contributed by atoms with Crippen LogP contribution in [-0.2, 0) is 6.61 Å². The minimum atomic E-state index is -0.976. The van der Waals surface area contributed by atoms with Gasteiger partial charge in [0.15, 0.2) is 11.6 Å². The van der Waals surface area contributed by atoms with Crippen molar-refractivity contribution in [3.8, 4) is 5.75 Å². The Morgan fingerprint density at radius 2 is 1.82 bits per heavy atom. The quantitative estimate of drug-likeness (QED) is 0.829. The molecule has 4 heteroatoms. The van der Waals surface area contributed by atoms with E-state index < -0.39 is 11.6 Å². The van der Waals surface area contributed by atoms with Crippen LogP contribution in [0.1, 0.15) is 5.56 Å². The molecule has 0 aliphatic carbocycles. The minimum absolute atomic E-state index is 0.104. The summed E-state index contributed by atoms with van der Waals surface area (Å²) in [5.41, 5.74) is 6.99. The van der Waals surface area contributed by atoms with Crippen molar-refractivity contribution >= 4 is 5.69 Å². The molecule has 2 nitrogen and oxygen atoms in total. The van der Waals surface area contributed by atoms with Crippen LogP contribution in [0.25, 0.3) is 0 Å². The molecule has 0 radical (unpaired) electrons. The molecule has 2 rings (SSSR count). The van der Waals surface area contributed by atoms with Crippen molar-refractivity contribution in [1.82, 2.24) is 0 Å². The topological polar surface area (TPSA) is 35.2 Å². The van der Waals surface area contributed by atoms with E-state index in [2.05, 4.69) is 0 Å². The zero-order valence-corrected chi connectivity index (χ0v) is 8.99. The maximum atomic E-state index is 13.3. The summed E-state index contributed by atoms with van der Waals surface area (Å²) in [4.78, 5) is 0. The number of hydrogen-bond donors (Lipinski definition) is 1. The lowest BCUT2D eigenvalue weighted by atomic mass is 10.2. The number of nitrogen functional groups attached to an aromatic ring is 1. The van der Waals surface area contributed by atoms with Crippen molar-refractivity contribution in [3.05, 3.63) is 59.7 Å². The maximum absolute atomic E-state index is 13.3. The van der Waals surface area contributed by atoms with Crippen LogP contribution in [0.15, 0.2) is 42.5 Å². The molecule has 0 amide bonds. The van der Waals surface area contributed by atoms with Crippen LogP contribution in [0.4, 0.5) is 14.5 Å². The van der Waals surface area contributed by atoms with Gasteiger partial charge in [-0.25, -0.2) is 4.39 Å². The molecule has 88 valence electrons. The summed E-state index contributed by atoms with van der Waals surface area (Å²) >= 11 is 0. The highest BCUT2D eigenvalue weighted by Crippen LogP contribution is 2.20. The van der Waals surface area contributed by atoms with Gasteiger partial charge in [0.05, 0.1) is 0 Å². The number of hydrogen-bond acceptors (Lipinski definition) is 2. The summed E-state index contributed by atoms with van der Waals surface area (Å²) in [6.45, 7) is 0.144. The standard InChI is InChI=1S/C13H11F2NO/c14-11-5-2-6-12(13(11)15)17-8-9-3-1-4-10(16)7-9/h1-7H,8,16H2. The molecule has 2 aromatic rings. The van der Waals surface area contributed by atoms with Gasteiger partial charge >= 0.3 is 0 Å². The monoisotopic (exact) mass is 235 g/mol. The number of ether oxygens (including phenoxy) is 1. The molecule has 0 aliphatic heterocycles. The Labute approximate surface area is 97.6 Å². The van der Waals surface area contributed by atoms with Crippen LogP contribution < -0.4 is 10.5 Å². The fourth-order valence-electron chi connectivity index (χ4n) is 1.44. The number of rotatable bonds is 3. The second-order valence-corrected chi connectivity index (χ2v) is 3.59. The predicted molar refractivity (Wildman–Crippen MR) is 61.5 cm³/mol. The van der Waals surface area contributed by atoms with Crippen molar-refractivity contribution < 1.29 is 13.5 Å². The van der Waals surface area contributed by atoms with Gasteiger partial charge in [0.1, 0.15) is 6.61 Å². The Morgan fingerprint density at radius 3 is 2.59 bits per heavy atom. The third kappa shape index (κ3) is 2.72. The number of anilines is 1. The van der Waals surface area contributed by atoms with Gasteiger partial charge in [0.25, 0.3) is 0 Å². The Hall–Kier alpha value is -2.10. The molecule has 2 N–H and O–H groups in total. The summed E-state index contributed by atoms with van der Waals surface area (Å²) in [6.07, 6.45) is 0. The SMILES string of the molecule is Nc1cccc(COc2cccc(F)c2F)c1. The smallest absolute Gasteiger partial charge is 0.200 e. The lowest BCUT2D eigenvalue weighted by Gasteiger charge is -2.07. The summed E-state index contributed by atoms with van der Waals surface area (Å²) < 4.78 is 31.3. The second kappa shape index (κ2) is 4.82. The highest BCUT2D eigenvalue weighted by atomic mass is 19.2. The van der Waals surface area contributed by atoms with E-state index in [-0.39, 0.29) is 12.4 Å². The third-order valence-corrected chi connectivity index (χ3v) is 2.26. The van der Waals surface area contributed by atoms with E-state index in [1.807, 2.05) is 0 Å². The lowest BCUT2D eigenvalue weighted by molar-refractivity contribution is 0.284. The number of halogens is 2. The van der Waals surface area contributed by atoms with Gasteiger partial charge in [-0.3, -0.25) is 0 Å². The highest BCUT2D eigenvalue weighted by Gasteiger charge is 2.08. The van der Waals surface area contributed by atoms with Gasteiger partial charge in [-0.15, -0.1) is 0 Å². The highest BCUT2D eigenvalue weighted by molar-refractivity contribution is 5.40. The first-order chi connectivity index (χ1) is 8.16. The van der Waals surface area contributed by atoms with E-state index >= 15 is 0 Å². The van der Waals surface area contributed by atoms with Gasteiger partial charge in [0.2, 0.25) is 5.82 Å². The molecule has 17 heavy (non-hydrogen) atoms. The lowest BCUT2D eigenvalue weighted by Crippen LogP contribution is -1.99. The van der Waals surface area contributed by atoms with E-state index in [1.165, 1.54) is 12.1 Å². The molecule has 0 spiro atoms. The first-order valence-corrected chi connectivity index (χ1v) is 5.08. The minimum Gasteiger partial charge on any atom is -0.486 e. The molecular weight excluding hydrogens is 224 g/mol. The van der Waals surface area contributed by atoms with Gasteiger partial charge in [-0.05, 0) is 29.8 Å². The number of nitrogens with two attached hydrogens (primary N) is 1. The Morgan fingerprint density at radius 1 is 1.06 bits per heavy atom. The second-order valence-electron chi connectivity index (χ2n) is 3.59. The van der Waals surface area contributed by atoms with Crippen LogP contribution in [0.2, 0.25) is 0 Å². The first-order valence-electron chi connectivity index (χ1n) is 5.08. The molecule has 0 bridgehead atoms. The van der Waals surface area contributed by atoms with Gasteiger partial charge in [0, 0.05) is 5.69 Å². The van der Waals surface area contributed by atoms with E-state index in [4.69, 9.17) is 10.5 Å². The average Bonchev–Trinajstić information content (AvgIpc) is 2.31. The summed E-state index contributed by atoms with van der Waals surface area (Å²) in [5, 5.41) is 0. The largest absolute Gasteiger partial charge is 0.486 e. The van der Waals surface area contributed by atoms with Gasteiger partial charge < -0.3 is 10.5 Å². The van der Waals surface area contributed by atoms with Crippen molar-refractivity contribution in [3.63, 3.8) is 0 Å². The third-order valence-electron chi connectivity index (χ3n) is 2.26. The average molecular weight is 235 g/mol. The van der Waals surface area contributed by atoms with Crippen LogP contribution >= 0.6 is 0 Å². The Kier molecular flexibility index (Phi) is 3.23. The summed E-state index contributed by atoms with van der Waals surface area (Å²) in [7, 11) is 0. The molecule has 0 aromatic heterocycles. The summed E-state index contributed by atoms with van der Waals surface area (Å²) in [6, 6.07) is 10.9. The summed E-state index contributed by atoms with van der Waals surface area (Å²) in [5.74, 6) is -2.00. The van der Waals surface area contributed by atoms with Crippen LogP contribution in [0.3, 0.4) is 0 Å². The van der Waals surface area contributed by atoms with E-state index in [1.54, 1.807) is 24.3 Å². The molecule has 2 aromatic carbocycles. The Balaban J connectivity index is 2.10. The van der Waals surface area contributed by atoms with Gasteiger partial charge in [-0.2, -0.15) is 4.39 Å². The zero-order valence-electron chi connectivity index (χ0n) is 8.99. The molecule has 0 fully saturated rings. The van der Waals surface area contributed by atoms with E-state index in [0.29, 0.717) is 5.69 Å². The fourth-order valence-corrected chi connectivity index (χ4v) is 1.44. The van der Waals surface area contributed by atoms with Crippen molar-refractivity contribution in [1.29, 1.82) is 0 Å². The van der Waals surface area contributed by atoms with Crippen LogP contribution in [-0.4, -0.2) is 0 Å². The molecule has 0 unspecified atom stereocenters. The molecule has 0 saturated heterocycles. The van der Waals surface area contributed by atoms with E-state index in [9.17, 15) is 8.78 Å². The van der Waals surface area contributed by atoms with Crippen LogP contribution in [0, 0.1) is 11.6 Å². The van der Waals surface area contributed by atoms with Crippen LogP contribution in [0.5, 0.6) is 5.75 Å². The molecule has 0 aliphatic rings. The van der Waals surface area contributed by atoms with E-state index in [0.717, 1.165) is 11.6 Å². The first kappa shape index (κ1) is 11.4. The van der Waals surface area contributed by atoms with Crippen molar-refractivity contribution in [2.24, 2.45) is 0 Å². The normalized spacial score (nSPS) is 10.2. The number of benzene rings is 2. The molecular formula is C13H11F2NO. The van der Waals surface area contributed by atoms with Crippen molar-refractivity contribution in [2.75, 3.05) is 5.73 Å². The zero-order chi connectivity index (χ0) is 12.3.